The Morgan fingerprint density at radius 3 is 1.35 bits per heavy atom. The van der Waals surface area contributed by atoms with E-state index in [1.165, 1.54) is 121 Å². The lowest BCUT2D eigenvalue weighted by Gasteiger charge is -2.39. The van der Waals surface area contributed by atoms with Crippen LogP contribution in [0.15, 0.2) is 156 Å². The molecule has 1 saturated heterocycles. The van der Waals surface area contributed by atoms with E-state index in [0.29, 0.717) is 56.3 Å². The van der Waals surface area contributed by atoms with E-state index in [-0.39, 0.29) is 39.0 Å². The SMILES string of the molecule is CC(C)(C)C(C)(C)c1ccc(F)cc1.CC(C)(C)C1(c2ccc(F)cc2)CC1.CC(C)(C)CC(C)(C)C.CC(C)(C)CC1CC1.CC(C)(C)CC1CCOCC1.CC(C)(C)Cc1ccc(OC(F)(F)F)cc1.CC(C)Cc1cscn1.CC(C)Cc1nccs1.CC(C)[C@H](C)c1ccc(C#N)cn1.CC(C)[C@H](C)c1ccccn1.Cc1ccncc1CC(C)C. The minimum absolute atomic E-state index is 0.0562. The first kappa shape index (κ1) is 116. The predicted molar refractivity (Wildman–Crippen MR) is 528 cm³/mol. The normalized spacial score (nSPS) is 14.5. The second-order valence-corrected chi connectivity index (χ2v) is 47.1. The third-order valence-electron chi connectivity index (χ3n) is 22.3. The molecule has 8 aromatic rings. The Morgan fingerprint density at radius 1 is 0.512 bits per heavy atom. The number of benzene rings is 3. The molecule has 702 valence electrons. The molecule has 125 heavy (non-hydrogen) atoms. The number of aryl methyl sites for hydroxylation is 1. The number of pyridine rings is 3. The van der Waals surface area contributed by atoms with Crippen molar-refractivity contribution < 1.29 is 31.4 Å². The van der Waals surface area contributed by atoms with Crippen molar-refractivity contribution in [3.05, 3.63) is 224 Å². The van der Waals surface area contributed by atoms with Gasteiger partial charge in [-0.25, -0.2) is 18.7 Å². The summed E-state index contributed by atoms with van der Waals surface area (Å²) in [5, 5.41) is 14.0. The number of hydrogen-bond acceptors (Lipinski definition) is 10. The number of aromatic nitrogens is 5. The molecule has 8 nitrogen and oxygen atoms in total. The second kappa shape index (κ2) is 54.7. The minimum atomic E-state index is -4.62. The van der Waals surface area contributed by atoms with Gasteiger partial charge >= 0.3 is 6.36 Å². The number of nitrogens with zero attached hydrogens (tertiary/aromatic N) is 6. The maximum atomic E-state index is 12.8. The molecule has 2 aliphatic carbocycles. The highest BCUT2D eigenvalue weighted by atomic mass is 32.1. The van der Waals surface area contributed by atoms with Crippen LogP contribution in [0.4, 0.5) is 22.0 Å². The van der Waals surface area contributed by atoms with E-state index in [0.717, 1.165) is 79.7 Å². The Morgan fingerprint density at radius 2 is 1.01 bits per heavy atom. The number of hydrogen-bond donors (Lipinski definition) is 0. The van der Waals surface area contributed by atoms with Gasteiger partial charge in [0.15, 0.2) is 0 Å². The van der Waals surface area contributed by atoms with E-state index in [4.69, 9.17) is 10.00 Å². The standard InChI is InChI=1S/C13H17F.C13H19F.C12H15F3O.C11H14N2.2C10H15N.C10H20O.C9H20.C8H16.2C7H11NS/c1-12(2,3)13(8-9-13)10-4-6-11(14)7-5-10;1-12(2,3)13(4,5)10-6-8-11(14)9-7-10;1-11(2,3)8-9-4-6-10(7-5-9)16-12(13,14)15;1-8(2)9(3)11-5-4-10(6-12)7-13-11;1-8(2)6-10-7-11-5-4-9(10)3;1-8(2)9(3)10-6-4-5-7-11-10;1-10(2,3)8-9-4-6-11-7-5-9;1-8(2,3)7-9(4,5)6;1-8(2,3)6-7-4-5-7;1-6(2)3-7-4-9-5-8-7;1-6(2)5-7-8-3-4-9-7/h4-7H,8-9H2,1-3H3;6-9H,1-5H3;4-7H,8H2,1-3H3;4-5,7-9H,1-3H3;4-5,7-8H,6H2,1-3H3;4-9H,1-3H3;9H,4-8H2,1-3H3;7H2,1-6H3;7H,4-6H2,1-3H3;4-6H,3H2,1-2H3;3-4,6H,5H2,1-2H3/t;;;9-;;9-;;;;;/m...0.0...../s1. The Labute approximate surface area is 769 Å². The van der Waals surface area contributed by atoms with Gasteiger partial charge < -0.3 is 9.47 Å². The molecule has 15 heteroatoms. The van der Waals surface area contributed by atoms with E-state index < -0.39 is 6.36 Å². The fourth-order valence-electron chi connectivity index (χ4n) is 14.4. The van der Waals surface area contributed by atoms with Gasteiger partial charge in [0, 0.05) is 90.0 Å². The molecule has 0 N–H and O–H groups in total. The molecule has 2 saturated carbocycles. The molecule has 2 atom stereocenters. The van der Waals surface area contributed by atoms with Crippen LogP contribution in [0.2, 0.25) is 0 Å². The third kappa shape index (κ3) is 55.0. The average molecular weight is 1770 g/mol. The summed E-state index contributed by atoms with van der Waals surface area (Å²) in [4.78, 5) is 21.0. The van der Waals surface area contributed by atoms with Crippen LogP contribution >= 0.6 is 22.7 Å². The lowest BCUT2D eigenvalue weighted by atomic mass is 9.65. The van der Waals surface area contributed by atoms with Gasteiger partial charge in [0.2, 0.25) is 0 Å². The highest BCUT2D eigenvalue weighted by molar-refractivity contribution is 7.09. The van der Waals surface area contributed by atoms with Gasteiger partial charge in [-0.3, -0.25) is 15.0 Å². The molecule has 0 bridgehead atoms. The minimum Gasteiger partial charge on any atom is -0.406 e. The largest absolute Gasteiger partial charge is 0.573 e. The molecule has 0 amide bonds. The van der Waals surface area contributed by atoms with Crippen LogP contribution < -0.4 is 4.74 Å². The van der Waals surface area contributed by atoms with Crippen LogP contribution in [0.25, 0.3) is 0 Å². The van der Waals surface area contributed by atoms with Crippen LogP contribution in [-0.4, -0.2) is 44.5 Å². The molecule has 11 rings (SSSR count). The van der Waals surface area contributed by atoms with Crippen molar-refractivity contribution in [2.45, 2.75) is 362 Å². The quantitative estimate of drug-likeness (QED) is 0.0881. The topological polar surface area (TPSA) is 107 Å². The Bertz CT molecular complexity index is 3960. The summed E-state index contributed by atoms with van der Waals surface area (Å²) in [5.41, 5.74) is 15.2. The first-order chi connectivity index (χ1) is 57.4. The van der Waals surface area contributed by atoms with Gasteiger partial charge in [-0.15, -0.1) is 35.8 Å². The van der Waals surface area contributed by atoms with E-state index in [1.54, 1.807) is 53.1 Å². The van der Waals surface area contributed by atoms with Crippen LogP contribution in [0, 0.1) is 109 Å². The molecule has 6 heterocycles. The summed E-state index contributed by atoms with van der Waals surface area (Å²) in [7, 11) is 0. The van der Waals surface area contributed by atoms with Crippen molar-refractivity contribution in [3.63, 3.8) is 0 Å². The van der Waals surface area contributed by atoms with Gasteiger partial charge in [0.05, 0.1) is 21.8 Å². The highest BCUT2D eigenvalue weighted by Crippen LogP contribution is 2.59. The zero-order valence-corrected chi connectivity index (χ0v) is 86.7. The molecule has 0 unspecified atom stereocenters. The molecule has 0 radical (unpaired) electrons. The van der Waals surface area contributed by atoms with E-state index in [2.05, 4.69) is 302 Å². The van der Waals surface area contributed by atoms with E-state index in [9.17, 15) is 22.0 Å². The van der Waals surface area contributed by atoms with Crippen molar-refractivity contribution in [3.8, 4) is 11.8 Å². The molecule has 3 aliphatic rings. The van der Waals surface area contributed by atoms with Gasteiger partial charge in [0.25, 0.3) is 0 Å². The molecule has 1 aliphatic heterocycles. The van der Waals surface area contributed by atoms with Gasteiger partial charge in [-0.05, 0) is 250 Å². The first-order valence-electron chi connectivity index (χ1n) is 46.2. The zero-order valence-electron chi connectivity index (χ0n) is 85.0. The average Bonchev–Trinajstić information content (AvgIpc) is 1.58. The van der Waals surface area contributed by atoms with Crippen LogP contribution in [0.5, 0.6) is 5.75 Å². The molecule has 3 aromatic carbocycles. The van der Waals surface area contributed by atoms with Crippen LogP contribution in [0.1, 0.15) is 367 Å². The number of ether oxygens (including phenoxy) is 2. The van der Waals surface area contributed by atoms with Crippen LogP contribution in [0.3, 0.4) is 0 Å². The van der Waals surface area contributed by atoms with E-state index >= 15 is 0 Å². The molecule has 0 spiro atoms. The number of alkyl halides is 3. The van der Waals surface area contributed by atoms with Crippen molar-refractivity contribution in [2.75, 3.05) is 13.2 Å². The second-order valence-electron chi connectivity index (χ2n) is 45.4. The molecule has 5 aromatic heterocycles. The molecule has 3 fully saturated rings. The summed E-state index contributed by atoms with van der Waals surface area (Å²) in [6.45, 7) is 82.3. The van der Waals surface area contributed by atoms with Crippen molar-refractivity contribution >= 4 is 22.7 Å². The summed E-state index contributed by atoms with van der Waals surface area (Å²) >= 11 is 3.41. The third-order valence-corrected chi connectivity index (χ3v) is 23.7. The summed E-state index contributed by atoms with van der Waals surface area (Å²) in [6, 6.07) is 33.8. The van der Waals surface area contributed by atoms with Gasteiger partial charge in [-0.2, -0.15) is 5.26 Å². The monoisotopic (exact) mass is 1770 g/mol. The lowest BCUT2D eigenvalue weighted by Crippen LogP contribution is -2.33. The number of nitriles is 1. The fraction of sp³-hybridized carbons (Fsp3) is 0.636. The summed E-state index contributed by atoms with van der Waals surface area (Å²) in [5.74, 6) is 5.98. The van der Waals surface area contributed by atoms with Crippen molar-refractivity contribution in [1.82, 2.24) is 24.9 Å². The Hall–Kier alpha value is -6.73. The van der Waals surface area contributed by atoms with Gasteiger partial charge in [-0.1, -0.05) is 298 Å². The number of rotatable bonds is 16. The highest BCUT2D eigenvalue weighted by Gasteiger charge is 2.53. The summed E-state index contributed by atoms with van der Waals surface area (Å²) in [6.07, 6.45) is 20.8. The zero-order chi connectivity index (χ0) is 95.8. The number of halogens is 5. The summed E-state index contributed by atoms with van der Waals surface area (Å²) < 4.78 is 70.3. The molecular weight excluding hydrogens is 1600 g/mol. The lowest BCUT2D eigenvalue weighted by molar-refractivity contribution is -0.274. The van der Waals surface area contributed by atoms with Crippen molar-refractivity contribution in [2.24, 2.45) is 79.3 Å². The van der Waals surface area contributed by atoms with Crippen LogP contribution in [-0.2, 0) is 41.3 Å². The Balaban J connectivity index is 0.000000691. The predicted octanol–water partition coefficient (Wildman–Crippen LogP) is 34.2. The van der Waals surface area contributed by atoms with Gasteiger partial charge in [0.1, 0.15) is 23.5 Å². The Kier molecular flexibility index (Phi) is 50.9. The maximum absolute atomic E-state index is 12.8. The fourth-order valence-corrected chi connectivity index (χ4v) is 15.8. The van der Waals surface area contributed by atoms with Crippen molar-refractivity contribution in [1.29, 1.82) is 5.26 Å². The number of thiazole rings is 2. The maximum Gasteiger partial charge on any atom is 0.573 e. The van der Waals surface area contributed by atoms with E-state index in [1.807, 2.05) is 84.2 Å². The first-order valence-corrected chi connectivity index (χ1v) is 48.1. The smallest absolute Gasteiger partial charge is 0.406 e. The molecular formula is C110H173F5N6O2S2.